The highest BCUT2D eigenvalue weighted by molar-refractivity contribution is 6.05. The first-order valence-electron chi connectivity index (χ1n) is 11.9. The number of rotatable bonds is 10. The van der Waals surface area contributed by atoms with Crippen LogP contribution in [0.25, 0.3) is 11.0 Å². The molecule has 0 spiro atoms. The molecule has 2 heterocycles. The van der Waals surface area contributed by atoms with E-state index in [4.69, 9.17) is 20.3 Å². The zero-order valence-electron chi connectivity index (χ0n) is 20.1. The molecule has 11 nitrogen and oxygen atoms in total. The minimum absolute atomic E-state index is 0.00407. The van der Waals surface area contributed by atoms with Crippen LogP contribution in [-0.4, -0.2) is 60.6 Å². The van der Waals surface area contributed by atoms with Crippen LogP contribution in [0.4, 0.5) is 5.69 Å². The van der Waals surface area contributed by atoms with Gasteiger partial charge in [0, 0.05) is 23.1 Å². The van der Waals surface area contributed by atoms with E-state index >= 15 is 0 Å². The number of carbonyl (C=O) groups excluding carboxylic acids is 2. The number of furan rings is 1. The van der Waals surface area contributed by atoms with Gasteiger partial charge in [-0.05, 0) is 67.9 Å². The van der Waals surface area contributed by atoms with Gasteiger partial charge in [0.05, 0.1) is 6.10 Å². The number of carboxylic acid groups (broad SMARTS) is 1. The molecule has 2 amide bonds. The van der Waals surface area contributed by atoms with E-state index in [2.05, 4.69) is 16.0 Å². The minimum Gasteiger partial charge on any atom is -0.480 e. The maximum atomic E-state index is 12.6. The lowest BCUT2D eigenvalue weighted by atomic mass is 10.1. The first-order valence-corrected chi connectivity index (χ1v) is 11.9. The smallest absolute Gasteiger partial charge is 0.326 e. The number of fused-ring (bicyclic) bond motifs is 1. The van der Waals surface area contributed by atoms with Crippen molar-refractivity contribution in [3.63, 3.8) is 0 Å². The van der Waals surface area contributed by atoms with Gasteiger partial charge in [0.15, 0.2) is 5.76 Å². The Kier molecular flexibility index (Phi) is 8.16. The summed E-state index contributed by atoms with van der Waals surface area (Å²) in [5.41, 5.74) is 7.70. The van der Waals surface area contributed by atoms with Crippen LogP contribution in [0.1, 0.15) is 34.5 Å². The number of nitrogens with two attached hydrogens (primary N) is 1. The van der Waals surface area contributed by atoms with Gasteiger partial charge < -0.3 is 35.9 Å². The van der Waals surface area contributed by atoms with Crippen LogP contribution in [0, 0.1) is 5.41 Å². The van der Waals surface area contributed by atoms with Crippen LogP contribution < -0.4 is 21.7 Å². The Hall–Kier alpha value is -4.22. The van der Waals surface area contributed by atoms with Gasteiger partial charge >= 0.3 is 5.97 Å². The standard InChI is InChI=1S/C26H29N5O6/c27-24(28)16-3-6-21-17(12-16)13-22(37-21)25(33)30-18-4-1-15(2-5-18)11-20(26(34)35)31-23(32)14-36-19-7-9-29-10-8-19/h1-6,12-13,19-20,29H,7-11,14H2,(H3,27,28)(H,30,33)(H,31,32)(H,34,35)/t20-/m0/s1. The normalized spacial score (nSPS) is 14.7. The van der Waals surface area contributed by atoms with Crippen LogP contribution in [0.3, 0.4) is 0 Å². The summed E-state index contributed by atoms with van der Waals surface area (Å²) < 4.78 is 11.2. The van der Waals surface area contributed by atoms with Crippen molar-refractivity contribution >= 4 is 40.3 Å². The van der Waals surface area contributed by atoms with Crippen LogP contribution in [-0.2, 0) is 20.7 Å². The highest BCUT2D eigenvalue weighted by Crippen LogP contribution is 2.22. The number of amidine groups is 1. The lowest BCUT2D eigenvalue weighted by molar-refractivity contribution is -0.143. The maximum Gasteiger partial charge on any atom is 0.326 e. The first-order chi connectivity index (χ1) is 17.8. The SMILES string of the molecule is N=C(N)c1ccc2oc(C(=O)Nc3ccc(C[C@H](NC(=O)COC4CCNCC4)C(=O)O)cc3)cc2c1. The number of ether oxygens (including phenoxy) is 1. The number of hydrogen-bond acceptors (Lipinski definition) is 7. The number of piperidine rings is 1. The fraction of sp³-hybridized carbons (Fsp3) is 0.308. The third kappa shape index (κ3) is 6.93. The Morgan fingerprint density at radius 2 is 1.86 bits per heavy atom. The number of hydrogen-bond donors (Lipinski definition) is 6. The predicted octanol–water partition coefficient (Wildman–Crippen LogP) is 1.85. The van der Waals surface area contributed by atoms with Crippen molar-refractivity contribution in [3.8, 4) is 0 Å². The second-order valence-electron chi connectivity index (χ2n) is 8.85. The zero-order chi connectivity index (χ0) is 26.4. The summed E-state index contributed by atoms with van der Waals surface area (Å²) >= 11 is 0. The fourth-order valence-corrected chi connectivity index (χ4v) is 4.07. The molecule has 0 bridgehead atoms. The molecule has 0 radical (unpaired) electrons. The van der Waals surface area contributed by atoms with E-state index in [0.717, 1.165) is 25.9 Å². The van der Waals surface area contributed by atoms with E-state index in [-0.39, 0.29) is 30.7 Å². The van der Waals surface area contributed by atoms with Crippen molar-refractivity contribution in [2.24, 2.45) is 5.73 Å². The third-order valence-corrected chi connectivity index (χ3v) is 6.07. The average Bonchev–Trinajstić information content (AvgIpc) is 3.32. The van der Waals surface area contributed by atoms with E-state index in [9.17, 15) is 19.5 Å². The Balaban J connectivity index is 1.32. The highest BCUT2D eigenvalue weighted by Gasteiger charge is 2.22. The lowest BCUT2D eigenvalue weighted by Crippen LogP contribution is -2.44. The van der Waals surface area contributed by atoms with Crippen molar-refractivity contribution in [2.45, 2.75) is 31.4 Å². The number of carboxylic acids is 1. The van der Waals surface area contributed by atoms with Crippen LogP contribution in [0.2, 0.25) is 0 Å². The number of nitrogens with one attached hydrogen (secondary N) is 4. The lowest BCUT2D eigenvalue weighted by Gasteiger charge is -2.23. The molecule has 4 rings (SSSR count). The molecule has 11 heteroatoms. The van der Waals surface area contributed by atoms with Crippen LogP contribution >= 0.6 is 0 Å². The summed E-state index contributed by atoms with van der Waals surface area (Å²) in [6, 6.07) is 12.1. The molecule has 0 aliphatic carbocycles. The van der Waals surface area contributed by atoms with Gasteiger partial charge in [-0.1, -0.05) is 12.1 Å². The quantitative estimate of drug-likeness (QED) is 0.178. The largest absolute Gasteiger partial charge is 0.480 e. The molecule has 1 aliphatic rings. The van der Waals surface area contributed by atoms with Gasteiger partial charge in [0.25, 0.3) is 5.91 Å². The molecule has 1 saturated heterocycles. The molecular formula is C26H29N5O6. The van der Waals surface area contributed by atoms with Gasteiger partial charge in [0.2, 0.25) is 5.91 Å². The number of aliphatic carboxylic acids is 1. The number of carbonyl (C=O) groups is 3. The van der Waals surface area contributed by atoms with Gasteiger partial charge in [0.1, 0.15) is 24.1 Å². The zero-order valence-corrected chi connectivity index (χ0v) is 20.1. The topological polar surface area (TPSA) is 180 Å². The molecule has 3 aromatic rings. The number of nitrogen functional groups attached to an aromatic ring is 1. The van der Waals surface area contributed by atoms with Crippen molar-refractivity contribution in [1.82, 2.24) is 10.6 Å². The summed E-state index contributed by atoms with van der Waals surface area (Å²) in [6.07, 6.45) is 1.70. The van der Waals surface area contributed by atoms with Crippen molar-refractivity contribution < 1.29 is 28.6 Å². The van der Waals surface area contributed by atoms with Crippen molar-refractivity contribution in [3.05, 3.63) is 65.4 Å². The predicted molar refractivity (Wildman–Crippen MR) is 137 cm³/mol. The second kappa shape index (κ2) is 11.7. The Labute approximate surface area is 212 Å². The Bertz CT molecular complexity index is 1300. The summed E-state index contributed by atoms with van der Waals surface area (Å²) in [6.45, 7) is 1.48. The third-order valence-electron chi connectivity index (χ3n) is 6.07. The second-order valence-corrected chi connectivity index (χ2v) is 8.85. The average molecular weight is 508 g/mol. The van der Waals surface area contributed by atoms with Crippen molar-refractivity contribution in [2.75, 3.05) is 25.0 Å². The van der Waals surface area contributed by atoms with Gasteiger partial charge in [-0.2, -0.15) is 0 Å². The monoisotopic (exact) mass is 507 g/mol. The van der Waals surface area contributed by atoms with Crippen molar-refractivity contribution in [1.29, 1.82) is 5.41 Å². The van der Waals surface area contributed by atoms with Gasteiger partial charge in [-0.15, -0.1) is 0 Å². The molecule has 1 fully saturated rings. The fourth-order valence-electron chi connectivity index (χ4n) is 4.07. The molecule has 1 aliphatic heterocycles. The molecule has 2 aromatic carbocycles. The molecule has 37 heavy (non-hydrogen) atoms. The van der Waals surface area contributed by atoms with E-state index in [1.807, 2.05) is 0 Å². The summed E-state index contributed by atoms with van der Waals surface area (Å²) in [5.74, 6) is -2.07. The number of anilines is 1. The number of benzene rings is 2. The molecule has 194 valence electrons. The summed E-state index contributed by atoms with van der Waals surface area (Å²) in [7, 11) is 0. The summed E-state index contributed by atoms with van der Waals surface area (Å²) in [5, 5.41) is 26.2. The van der Waals surface area contributed by atoms with Crippen LogP contribution in [0.5, 0.6) is 0 Å². The minimum atomic E-state index is -1.15. The van der Waals surface area contributed by atoms with E-state index in [1.54, 1.807) is 48.5 Å². The Morgan fingerprint density at radius 3 is 2.54 bits per heavy atom. The van der Waals surface area contributed by atoms with E-state index < -0.39 is 23.8 Å². The molecular weight excluding hydrogens is 478 g/mol. The Morgan fingerprint density at radius 1 is 1.14 bits per heavy atom. The van der Waals surface area contributed by atoms with Gasteiger partial charge in [-0.3, -0.25) is 15.0 Å². The van der Waals surface area contributed by atoms with Crippen LogP contribution in [0.15, 0.2) is 52.9 Å². The highest BCUT2D eigenvalue weighted by atomic mass is 16.5. The number of amides is 2. The van der Waals surface area contributed by atoms with Gasteiger partial charge in [-0.25, -0.2) is 4.79 Å². The summed E-state index contributed by atoms with van der Waals surface area (Å²) in [4.78, 5) is 36.6. The first kappa shape index (κ1) is 25.9. The molecule has 0 saturated carbocycles. The molecule has 7 N–H and O–H groups in total. The molecule has 1 atom stereocenters. The molecule has 0 unspecified atom stereocenters. The van der Waals surface area contributed by atoms with E-state index in [0.29, 0.717) is 27.8 Å². The molecule has 1 aromatic heterocycles. The van der Waals surface area contributed by atoms with E-state index in [1.165, 1.54) is 0 Å². The maximum absolute atomic E-state index is 12.6.